The second-order valence-electron chi connectivity index (χ2n) is 10.1. The van der Waals surface area contributed by atoms with Crippen LogP contribution in [-0.2, 0) is 11.2 Å². The van der Waals surface area contributed by atoms with Gasteiger partial charge in [-0.3, -0.25) is 0 Å². The first-order valence-corrected chi connectivity index (χ1v) is 11.8. The van der Waals surface area contributed by atoms with Crippen LogP contribution in [0.1, 0.15) is 44.2 Å². The first-order chi connectivity index (χ1) is 14.5. The second kappa shape index (κ2) is 8.65. The third-order valence-corrected chi connectivity index (χ3v) is 7.70. The smallest absolute Gasteiger partial charge is 0.265 e. The molecule has 3 atom stereocenters. The van der Waals surface area contributed by atoms with Gasteiger partial charge in [0.15, 0.2) is 5.82 Å². The predicted molar refractivity (Wildman–Crippen MR) is 112 cm³/mol. The van der Waals surface area contributed by atoms with Crippen molar-refractivity contribution in [2.24, 2.45) is 23.7 Å². The maximum absolute atomic E-state index is 13.7. The summed E-state index contributed by atoms with van der Waals surface area (Å²) in [6.45, 7) is 6.04. The number of alkyl halides is 2. The van der Waals surface area contributed by atoms with Gasteiger partial charge in [-0.15, -0.1) is 5.10 Å². The molecule has 5 rings (SSSR count). The largest absolute Gasteiger partial charge is 0.381 e. The number of halogens is 2. The topological polar surface area (TPSA) is 41.5 Å². The van der Waals surface area contributed by atoms with Gasteiger partial charge in [0.25, 0.3) is 5.92 Å². The number of rotatable bonds is 5. The highest BCUT2D eigenvalue weighted by molar-refractivity contribution is 5.38. The van der Waals surface area contributed by atoms with Crippen molar-refractivity contribution in [3.63, 3.8) is 0 Å². The van der Waals surface area contributed by atoms with Crippen LogP contribution in [0.4, 0.5) is 14.6 Å². The minimum atomic E-state index is -2.61. The zero-order valence-electron chi connectivity index (χ0n) is 17.8. The molecule has 0 N–H and O–H groups in total. The van der Waals surface area contributed by atoms with Crippen molar-refractivity contribution >= 4 is 5.82 Å². The van der Waals surface area contributed by atoms with Crippen LogP contribution in [0.2, 0.25) is 0 Å². The van der Waals surface area contributed by atoms with Gasteiger partial charge >= 0.3 is 0 Å². The number of ether oxygens (including phenoxy) is 1. The minimum Gasteiger partial charge on any atom is -0.381 e. The molecule has 4 fully saturated rings. The first kappa shape index (κ1) is 20.6. The van der Waals surface area contributed by atoms with Gasteiger partial charge in [0.1, 0.15) is 0 Å². The lowest BCUT2D eigenvalue weighted by Gasteiger charge is -2.32. The summed E-state index contributed by atoms with van der Waals surface area (Å²) in [7, 11) is 0. The van der Waals surface area contributed by atoms with Crippen molar-refractivity contribution < 1.29 is 13.5 Å². The molecule has 30 heavy (non-hydrogen) atoms. The number of nitrogens with zero attached hydrogens (tertiary/aromatic N) is 4. The summed E-state index contributed by atoms with van der Waals surface area (Å²) in [5.74, 6) is 1.14. The molecule has 1 saturated carbocycles. The van der Waals surface area contributed by atoms with Crippen LogP contribution < -0.4 is 4.90 Å². The second-order valence-corrected chi connectivity index (χ2v) is 10.1. The van der Waals surface area contributed by atoms with E-state index in [0.717, 1.165) is 43.1 Å². The highest BCUT2D eigenvalue weighted by Gasteiger charge is 2.41. The summed E-state index contributed by atoms with van der Waals surface area (Å²) in [5, 5.41) is 8.68. The van der Waals surface area contributed by atoms with Gasteiger partial charge in [-0.05, 0) is 74.3 Å². The molecule has 0 spiro atoms. The van der Waals surface area contributed by atoms with E-state index in [4.69, 9.17) is 4.74 Å². The summed E-state index contributed by atoms with van der Waals surface area (Å²) in [6.07, 6.45) is 6.47. The van der Waals surface area contributed by atoms with E-state index in [1.165, 1.54) is 45.3 Å². The van der Waals surface area contributed by atoms with Crippen molar-refractivity contribution in [1.82, 2.24) is 15.1 Å². The molecule has 0 bridgehead atoms. The van der Waals surface area contributed by atoms with E-state index in [9.17, 15) is 8.78 Å². The fourth-order valence-electron chi connectivity index (χ4n) is 6.22. The summed E-state index contributed by atoms with van der Waals surface area (Å²) in [5.41, 5.74) is 1.01. The molecule has 0 radical (unpaired) electrons. The number of anilines is 1. The summed E-state index contributed by atoms with van der Waals surface area (Å²) < 4.78 is 32.8. The van der Waals surface area contributed by atoms with Crippen LogP contribution in [0.5, 0.6) is 0 Å². The molecule has 4 heterocycles. The number of fused-ring (bicyclic) bond motifs is 1. The molecular weight excluding hydrogens is 386 g/mol. The lowest BCUT2D eigenvalue weighted by atomic mass is 9.98. The normalized spacial score (nSPS) is 32.5. The third kappa shape index (κ3) is 4.77. The Morgan fingerprint density at radius 2 is 1.80 bits per heavy atom. The Labute approximate surface area is 178 Å². The Kier molecular flexibility index (Phi) is 5.93. The number of hydrogen-bond donors (Lipinski definition) is 0. The van der Waals surface area contributed by atoms with E-state index < -0.39 is 5.92 Å². The maximum atomic E-state index is 13.7. The molecule has 5 nitrogen and oxygen atoms in total. The molecule has 4 aliphatic rings. The van der Waals surface area contributed by atoms with Crippen molar-refractivity contribution in [2.75, 3.05) is 50.8 Å². The van der Waals surface area contributed by atoms with E-state index in [1.54, 1.807) is 4.90 Å². The SMILES string of the molecule is FC1(F)CCCN(c2ccc(CC3C[C@@H]4CN(CC5CCOCC5)C[C@@H]4C3)nn2)C1. The van der Waals surface area contributed by atoms with E-state index in [-0.39, 0.29) is 13.0 Å². The van der Waals surface area contributed by atoms with E-state index >= 15 is 0 Å². The number of aromatic nitrogens is 2. The van der Waals surface area contributed by atoms with E-state index in [2.05, 4.69) is 15.1 Å². The van der Waals surface area contributed by atoms with Crippen LogP contribution in [0.15, 0.2) is 12.1 Å². The molecule has 1 aliphatic carbocycles. The van der Waals surface area contributed by atoms with Crippen LogP contribution in [0, 0.1) is 23.7 Å². The first-order valence-electron chi connectivity index (χ1n) is 11.8. The van der Waals surface area contributed by atoms with E-state index in [0.29, 0.717) is 24.7 Å². The average molecular weight is 421 g/mol. The van der Waals surface area contributed by atoms with Crippen molar-refractivity contribution in [1.29, 1.82) is 0 Å². The Hall–Kier alpha value is -1.34. The van der Waals surface area contributed by atoms with Gasteiger partial charge in [-0.25, -0.2) is 8.78 Å². The lowest BCUT2D eigenvalue weighted by molar-refractivity contribution is -0.0119. The van der Waals surface area contributed by atoms with Crippen LogP contribution >= 0.6 is 0 Å². The van der Waals surface area contributed by atoms with Crippen molar-refractivity contribution in [3.8, 4) is 0 Å². The molecule has 1 aromatic rings. The summed E-state index contributed by atoms with van der Waals surface area (Å²) >= 11 is 0. The number of piperidine rings is 1. The highest BCUT2D eigenvalue weighted by atomic mass is 19.3. The molecule has 7 heteroatoms. The minimum absolute atomic E-state index is 0.0223. The van der Waals surface area contributed by atoms with Crippen LogP contribution in [-0.4, -0.2) is 67.0 Å². The molecule has 1 unspecified atom stereocenters. The Morgan fingerprint density at radius 1 is 1.03 bits per heavy atom. The van der Waals surface area contributed by atoms with Crippen LogP contribution in [0.3, 0.4) is 0 Å². The molecule has 1 aromatic heterocycles. The zero-order valence-corrected chi connectivity index (χ0v) is 17.8. The summed E-state index contributed by atoms with van der Waals surface area (Å²) in [4.78, 5) is 4.37. The third-order valence-electron chi connectivity index (χ3n) is 7.70. The van der Waals surface area contributed by atoms with Crippen LogP contribution in [0.25, 0.3) is 0 Å². The number of hydrogen-bond acceptors (Lipinski definition) is 5. The molecular formula is C23H34F2N4O. The average Bonchev–Trinajstić information content (AvgIpc) is 3.26. The molecule has 166 valence electrons. The Bertz CT molecular complexity index is 696. The quantitative estimate of drug-likeness (QED) is 0.728. The summed E-state index contributed by atoms with van der Waals surface area (Å²) in [6, 6.07) is 3.88. The van der Waals surface area contributed by atoms with Crippen molar-refractivity contribution in [3.05, 3.63) is 17.8 Å². The molecule has 3 aliphatic heterocycles. The Balaban J connectivity index is 1.10. The fraction of sp³-hybridized carbons (Fsp3) is 0.826. The van der Waals surface area contributed by atoms with Gasteiger partial charge in [-0.1, -0.05) is 0 Å². The molecule has 3 saturated heterocycles. The predicted octanol–water partition coefficient (Wildman–Crippen LogP) is 3.64. The maximum Gasteiger partial charge on any atom is 0.265 e. The van der Waals surface area contributed by atoms with Gasteiger partial charge in [0, 0.05) is 45.8 Å². The van der Waals surface area contributed by atoms with E-state index in [1.807, 2.05) is 12.1 Å². The zero-order chi connectivity index (χ0) is 20.6. The van der Waals surface area contributed by atoms with Gasteiger partial charge < -0.3 is 14.5 Å². The van der Waals surface area contributed by atoms with Gasteiger partial charge in [-0.2, -0.15) is 5.10 Å². The van der Waals surface area contributed by atoms with Gasteiger partial charge in [0.2, 0.25) is 0 Å². The highest BCUT2D eigenvalue weighted by Crippen LogP contribution is 2.43. The molecule has 0 aromatic carbocycles. The Morgan fingerprint density at radius 3 is 2.47 bits per heavy atom. The molecule has 0 amide bonds. The standard InChI is InChI=1S/C23H34F2N4O/c24-23(25)6-1-7-29(16-23)22-3-2-21(26-27-22)12-18-10-19-14-28(15-20(19)11-18)13-17-4-8-30-9-5-17/h2-3,17-20H,1,4-16H2/t18?,19-,20+. The lowest BCUT2D eigenvalue weighted by Crippen LogP contribution is -2.43. The fourth-order valence-corrected chi connectivity index (χ4v) is 6.22. The monoisotopic (exact) mass is 420 g/mol. The van der Waals surface area contributed by atoms with Crippen molar-refractivity contribution in [2.45, 2.75) is 50.9 Å². The number of likely N-dealkylation sites (tertiary alicyclic amines) is 1. The van der Waals surface area contributed by atoms with Gasteiger partial charge in [0.05, 0.1) is 12.2 Å².